The third-order valence-electron chi connectivity index (χ3n) is 5.79. The predicted octanol–water partition coefficient (Wildman–Crippen LogP) is 2.95. The van der Waals surface area contributed by atoms with Crippen molar-refractivity contribution in [3.8, 4) is 0 Å². The molecule has 2 aromatic rings. The molecule has 1 saturated heterocycles. The van der Waals surface area contributed by atoms with E-state index in [0.29, 0.717) is 19.4 Å². The van der Waals surface area contributed by atoms with Crippen molar-refractivity contribution in [3.63, 3.8) is 0 Å². The van der Waals surface area contributed by atoms with Gasteiger partial charge in [-0.25, -0.2) is 4.98 Å². The highest BCUT2D eigenvalue weighted by Gasteiger charge is 2.37. The molecule has 1 amide bonds. The highest BCUT2D eigenvalue weighted by Crippen LogP contribution is 2.36. The predicted molar refractivity (Wildman–Crippen MR) is 104 cm³/mol. The molecule has 162 valence electrons. The monoisotopic (exact) mass is 422 g/mol. The lowest BCUT2D eigenvalue weighted by Gasteiger charge is -2.34. The summed E-state index contributed by atoms with van der Waals surface area (Å²) in [5.74, 6) is 1.02. The highest BCUT2D eigenvalue weighted by atomic mass is 19.4. The van der Waals surface area contributed by atoms with Crippen LogP contribution in [0.5, 0.6) is 0 Å². The summed E-state index contributed by atoms with van der Waals surface area (Å²) in [5, 5.41) is 11.4. The number of hydrogen-bond acceptors (Lipinski definition) is 5. The van der Waals surface area contributed by atoms with Gasteiger partial charge in [-0.15, -0.1) is 10.2 Å². The van der Waals surface area contributed by atoms with Gasteiger partial charge in [0.1, 0.15) is 11.6 Å². The number of aryl methyl sites for hydroxylation is 1. The molecule has 4 heterocycles. The SMILES string of the molecule is O=C(NCc1nnc2n1CCCCC2)[C@H]1CCCN(c2ncccc2C(F)(F)F)C1. The number of halogens is 3. The van der Waals surface area contributed by atoms with E-state index in [2.05, 4.69) is 25.1 Å². The fourth-order valence-electron chi connectivity index (χ4n) is 4.24. The largest absolute Gasteiger partial charge is 0.419 e. The van der Waals surface area contributed by atoms with Gasteiger partial charge in [-0.1, -0.05) is 6.42 Å². The second-order valence-corrected chi connectivity index (χ2v) is 7.87. The molecular weight excluding hydrogens is 397 g/mol. The minimum absolute atomic E-state index is 0.106. The van der Waals surface area contributed by atoms with E-state index in [1.165, 1.54) is 12.3 Å². The molecule has 10 heteroatoms. The molecule has 0 unspecified atom stereocenters. The number of piperidine rings is 1. The molecule has 2 aliphatic heterocycles. The Hall–Kier alpha value is -2.65. The third-order valence-corrected chi connectivity index (χ3v) is 5.79. The van der Waals surface area contributed by atoms with Crippen molar-refractivity contribution < 1.29 is 18.0 Å². The zero-order valence-corrected chi connectivity index (χ0v) is 16.7. The first-order chi connectivity index (χ1) is 14.4. The highest BCUT2D eigenvalue weighted by molar-refractivity contribution is 5.79. The quantitative estimate of drug-likeness (QED) is 0.820. The van der Waals surface area contributed by atoms with Crippen LogP contribution in [-0.2, 0) is 30.5 Å². The second kappa shape index (κ2) is 8.61. The molecule has 1 atom stereocenters. The first-order valence-electron chi connectivity index (χ1n) is 10.4. The van der Waals surface area contributed by atoms with Crippen LogP contribution in [0.3, 0.4) is 0 Å². The van der Waals surface area contributed by atoms with Crippen molar-refractivity contribution in [2.75, 3.05) is 18.0 Å². The number of nitrogens with one attached hydrogen (secondary N) is 1. The van der Waals surface area contributed by atoms with Crippen LogP contribution >= 0.6 is 0 Å². The van der Waals surface area contributed by atoms with E-state index in [1.807, 2.05) is 0 Å². The number of carbonyl (C=O) groups is 1. The van der Waals surface area contributed by atoms with E-state index in [0.717, 1.165) is 49.9 Å². The summed E-state index contributed by atoms with van der Waals surface area (Å²) in [6, 6.07) is 2.31. The number of rotatable bonds is 4. The van der Waals surface area contributed by atoms with Crippen molar-refractivity contribution >= 4 is 11.7 Å². The van der Waals surface area contributed by atoms with Gasteiger partial charge < -0.3 is 14.8 Å². The number of alkyl halides is 3. The Labute approximate surface area is 172 Å². The first kappa shape index (κ1) is 20.6. The van der Waals surface area contributed by atoms with Crippen molar-refractivity contribution in [1.29, 1.82) is 0 Å². The number of carbonyl (C=O) groups excluding carboxylic acids is 1. The molecule has 2 aromatic heterocycles. The molecule has 2 aliphatic rings. The molecule has 7 nitrogen and oxygen atoms in total. The van der Waals surface area contributed by atoms with E-state index < -0.39 is 17.7 Å². The Bertz CT molecular complexity index is 897. The van der Waals surface area contributed by atoms with E-state index in [4.69, 9.17) is 0 Å². The van der Waals surface area contributed by atoms with Crippen LogP contribution in [0.25, 0.3) is 0 Å². The van der Waals surface area contributed by atoms with Crippen LogP contribution in [0, 0.1) is 5.92 Å². The standard InChI is InChI=1S/C20H25F3N6O/c21-20(22,23)15-7-4-9-24-18(15)28-10-5-6-14(13-28)19(30)25-12-17-27-26-16-8-2-1-3-11-29(16)17/h4,7,9,14H,1-3,5-6,8,10-13H2,(H,25,30)/t14-/m0/s1. The summed E-state index contributed by atoms with van der Waals surface area (Å²) in [7, 11) is 0. The van der Waals surface area contributed by atoms with Gasteiger partial charge in [0.2, 0.25) is 5.91 Å². The average molecular weight is 422 g/mol. The number of hydrogen-bond donors (Lipinski definition) is 1. The smallest absolute Gasteiger partial charge is 0.355 e. The summed E-state index contributed by atoms with van der Waals surface area (Å²) in [5.41, 5.74) is -0.766. The van der Waals surface area contributed by atoms with Gasteiger partial charge in [0.25, 0.3) is 0 Å². The maximum atomic E-state index is 13.3. The van der Waals surface area contributed by atoms with Gasteiger partial charge >= 0.3 is 6.18 Å². The molecule has 0 aliphatic carbocycles. The average Bonchev–Trinajstić information content (AvgIpc) is 2.97. The molecule has 4 rings (SSSR count). The van der Waals surface area contributed by atoms with Crippen molar-refractivity contribution in [1.82, 2.24) is 25.1 Å². The third kappa shape index (κ3) is 4.41. The lowest BCUT2D eigenvalue weighted by atomic mass is 9.96. The van der Waals surface area contributed by atoms with E-state index in [1.54, 1.807) is 4.90 Å². The van der Waals surface area contributed by atoms with Crippen LogP contribution < -0.4 is 10.2 Å². The Morgan fingerprint density at radius 2 is 2.03 bits per heavy atom. The van der Waals surface area contributed by atoms with Gasteiger partial charge in [0.15, 0.2) is 5.82 Å². The first-order valence-corrected chi connectivity index (χ1v) is 10.4. The maximum absolute atomic E-state index is 13.3. The molecular formula is C20H25F3N6O. The zero-order chi connectivity index (χ0) is 21.1. The summed E-state index contributed by atoms with van der Waals surface area (Å²) >= 11 is 0. The van der Waals surface area contributed by atoms with Gasteiger partial charge in [0, 0.05) is 32.3 Å². The number of amides is 1. The van der Waals surface area contributed by atoms with Gasteiger partial charge in [-0.2, -0.15) is 13.2 Å². The van der Waals surface area contributed by atoms with Crippen molar-refractivity contribution in [2.45, 2.75) is 57.8 Å². The van der Waals surface area contributed by atoms with E-state index >= 15 is 0 Å². The summed E-state index contributed by atoms with van der Waals surface area (Å²) in [6.07, 6.45) is 2.34. The van der Waals surface area contributed by atoms with E-state index in [9.17, 15) is 18.0 Å². The van der Waals surface area contributed by atoms with Crippen LogP contribution in [0.4, 0.5) is 19.0 Å². The van der Waals surface area contributed by atoms with Gasteiger partial charge in [-0.05, 0) is 37.8 Å². The van der Waals surface area contributed by atoms with Crippen LogP contribution in [0.2, 0.25) is 0 Å². The Morgan fingerprint density at radius 3 is 2.87 bits per heavy atom. The molecule has 1 fully saturated rings. The molecule has 0 radical (unpaired) electrons. The van der Waals surface area contributed by atoms with Crippen molar-refractivity contribution in [2.24, 2.45) is 5.92 Å². The maximum Gasteiger partial charge on any atom is 0.419 e. The summed E-state index contributed by atoms with van der Waals surface area (Å²) in [6.45, 7) is 1.79. The Balaban J connectivity index is 1.41. The fourth-order valence-corrected chi connectivity index (χ4v) is 4.24. The second-order valence-electron chi connectivity index (χ2n) is 7.87. The molecule has 0 bridgehead atoms. The van der Waals surface area contributed by atoms with Crippen LogP contribution in [-0.4, -0.2) is 38.7 Å². The number of nitrogens with zero attached hydrogens (tertiary/aromatic N) is 5. The number of anilines is 1. The Morgan fingerprint density at radius 1 is 1.17 bits per heavy atom. The summed E-state index contributed by atoms with van der Waals surface area (Å²) < 4.78 is 42.1. The topological polar surface area (TPSA) is 75.9 Å². The zero-order valence-electron chi connectivity index (χ0n) is 16.7. The molecule has 30 heavy (non-hydrogen) atoms. The Kier molecular flexibility index (Phi) is 5.92. The molecule has 1 N–H and O–H groups in total. The van der Waals surface area contributed by atoms with E-state index in [-0.39, 0.29) is 24.8 Å². The fraction of sp³-hybridized carbons (Fsp3) is 0.600. The number of fused-ring (bicyclic) bond motifs is 1. The van der Waals surface area contributed by atoms with Gasteiger partial charge in [0.05, 0.1) is 18.0 Å². The van der Waals surface area contributed by atoms with Gasteiger partial charge in [-0.3, -0.25) is 4.79 Å². The molecule has 0 aromatic carbocycles. The number of aromatic nitrogens is 4. The molecule has 0 saturated carbocycles. The van der Waals surface area contributed by atoms with Crippen LogP contribution in [0.1, 0.15) is 49.3 Å². The van der Waals surface area contributed by atoms with Crippen molar-refractivity contribution in [3.05, 3.63) is 35.5 Å². The normalized spacial score (nSPS) is 19.8. The minimum atomic E-state index is -4.48. The number of pyridine rings is 1. The minimum Gasteiger partial charge on any atom is -0.355 e. The lowest BCUT2D eigenvalue weighted by Crippen LogP contribution is -2.44. The van der Waals surface area contributed by atoms with Crippen LogP contribution in [0.15, 0.2) is 18.3 Å². The summed E-state index contributed by atoms with van der Waals surface area (Å²) in [4.78, 5) is 18.3. The molecule has 0 spiro atoms. The lowest BCUT2D eigenvalue weighted by molar-refractivity contribution is -0.137.